The van der Waals surface area contributed by atoms with Gasteiger partial charge in [0.2, 0.25) is 0 Å². The third-order valence-corrected chi connectivity index (χ3v) is 4.08. The molecule has 0 saturated carbocycles. The summed E-state index contributed by atoms with van der Waals surface area (Å²) >= 11 is 0. The van der Waals surface area contributed by atoms with Gasteiger partial charge in [-0.2, -0.15) is 13.2 Å². The Kier molecular flexibility index (Phi) is 14.4. The van der Waals surface area contributed by atoms with Crippen molar-refractivity contribution in [2.24, 2.45) is 4.99 Å². The highest BCUT2D eigenvalue weighted by Crippen LogP contribution is 2.28. The first kappa shape index (κ1) is 28.4. The molecule has 0 saturated heterocycles. The number of benzene rings is 1. The first-order chi connectivity index (χ1) is 13.8. The summed E-state index contributed by atoms with van der Waals surface area (Å²) in [6.45, 7) is 3.96. The largest absolute Gasteiger partial charge is 0.416 e. The summed E-state index contributed by atoms with van der Waals surface area (Å²) in [5.74, 6) is 0.181. The Hall–Kier alpha value is -1.60. The van der Waals surface area contributed by atoms with Crippen LogP contribution in [-0.4, -0.2) is 77.3 Å². The molecule has 11 heteroatoms. The number of alkyl halides is 3. The van der Waals surface area contributed by atoms with Crippen LogP contribution in [0.1, 0.15) is 22.3 Å². The van der Waals surface area contributed by atoms with Gasteiger partial charge in [-0.1, -0.05) is 0 Å². The molecule has 0 bridgehead atoms. The molecule has 1 amide bonds. The standard InChI is InChI=1S/C19H30F3N5O2.HI/c1-23-18(26-11-13-27(2)12-4-14-29-3)25-10-9-24-17(28)15-5-7-16(8-6-15)19(20,21)22;/h5-8H,4,9-14H2,1-3H3,(H,24,28)(H2,23,25,26);1H. The van der Waals surface area contributed by atoms with Crippen molar-refractivity contribution in [2.45, 2.75) is 12.6 Å². The van der Waals surface area contributed by atoms with Gasteiger partial charge in [-0.15, -0.1) is 24.0 Å². The lowest BCUT2D eigenvalue weighted by atomic mass is 10.1. The topological polar surface area (TPSA) is 78.0 Å². The third-order valence-electron chi connectivity index (χ3n) is 4.08. The molecule has 0 fully saturated rings. The number of amides is 1. The van der Waals surface area contributed by atoms with E-state index in [1.807, 2.05) is 7.05 Å². The van der Waals surface area contributed by atoms with E-state index in [0.29, 0.717) is 25.6 Å². The first-order valence-electron chi connectivity index (χ1n) is 9.35. The van der Waals surface area contributed by atoms with Gasteiger partial charge in [0.25, 0.3) is 5.91 Å². The van der Waals surface area contributed by atoms with Crippen LogP contribution in [0.4, 0.5) is 13.2 Å². The number of hydrogen-bond donors (Lipinski definition) is 3. The van der Waals surface area contributed by atoms with Gasteiger partial charge < -0.3 is 25.6 Å². The Bertz CT molecular complexity index is 642. The van der Waals surface area contributed by atoms with E-state index in [2.05, 4.69) is 25.8 Å². The highest BCUT2D eigenvalue weighted by atomic mass is 127. The number of likely N-dealkylation sites (N-methyl/N-ethyl adjacent to an activating group) is 1. The molecule has 0 aliphatic heterocycles. The van der Waals surface area contributed by atoms with E-state index in [4.69, 9.17) is 4.74 Å². The van der Waals surface area contributed by atoms with E-state index < -0.39 is 17.6 Å². The molecule has 3 N–H and O–H groups in total. The van der Waals surface area contributed by atoms with Crippen LogP contribution in [0.15, 0.2) is 29.3 Å². The van der Waals surface area contributed by atoms with Crippen molar-refractivity contribution in [1.29, 1.82) is 0 Å². The summed E-state index contributed by atoms with van der Waals surface area (Å²) in [7, 11) is 5.37. The number of halogens is 4. The number of ether oxygens (including phenoxy) is 1. The SMILES string of the molecule is CN=C(NCCNC(=O)c1ccc(C(F)(F)F)cc1)NCCN(C)CCCOC.I. The minimum atomic E-state index is -4.42. The monoisotopic (exact) mass is 545 g/mol. The number of nitrogens with zero attached hydrogens (tertiary/aromatic N) is 2. The van der Waals surface area contributed by atoms with Crippen molar-refractivity contribution in [1.82, 2.24) is 20.9 Å². The van der Waals surface area contributed by atoms with Crippen LogP contribution in [0, 0.1) is 0 Å². The molecule has 0 atom stereocenters. The molecular weight excluding hydrogens is 514 g/mol. The van der Waals surface area contributed by atoms with Crippen LogP contribution in [0.5, 0.6) is 0 Å². The summed E-state index contributed by atoms with van der Waals surface area (Å²) in [6.07, 6.45) is -3.45. The van der Waals surface area contributed by atoms with Crippen LogP contribution < -0.4 is 16.0 Å². The number of hydrogen-bond acceptors (Lipinski definition) is 4. The van der Waals surface area contributed by atoms with Gasteiger partial charge in [-0.3, -0.25) is 9.79 Å². The number of methoxy groups -OCH3 is 1. The summed E-state index contributed by atoms with van der Waals surface area (Å²) < 4.78 is 42.7. The molecule has 0 radical (unpaired) electrons. The molecule has 30 heavy (non-hydrogen) atoms. The minimum Gasteiger partial charge on any atom is -0.385 e. The van der Waals surface area contributed by atoms with Gasteiger partial charge in [-0.25, -0.2) is 0 Å². The molecule has 0 heterocycles. The highest BCUT2D eigenvalue weighted by molar-refractivity contribution is 14.0. The second-order valence-electron chi connectivity index (χ2n) is 6.41. The van der Waals surface area contributed by atoms with E-state index in [0.717, 1.165) is 50.4 Å². The predicted octanol–water partition coefficient (Wildman–Crippen LogP) is 2.19. The quantitative estimate of drug-likeness (QED) is 0.172. The van der Waals surface area contributed by atoms with Crippen LogP contribution in [-0.2, 0) is 10.9 Å². The second-order valence-corrected chi connectivity index (χ2v) is 6.41. The van der Waals surface area contributed by atoms with Gasteiger partial charge in [-0.05, 0) is 37.7 Å². The fourth-order valence-corrected chi connectivity index (χ4v) is 2.45. The number of rotatable bonds is 11. The number of nitrogens with one attached hydrogen (secondary N) is 3. The van der Waals surface area contributed by atoms with E-state index in [9.17, 15) is 18.0 Å². The Morgan fingerprint density at radius 2 is 1.67 bits per heavy atom. The maximum atomic E-state index is 12.5. The Morgan fingerprint density at radius 3 is 2.23 bits per heavy atom. The van der Waals surface area contributed by atoms with Gasteiger partial charge in [0.15, 0.2) is 5.96 Å². The Labute approximate surface area is 192 Å². The predicted molar refractivity (Wildman–Crippen MR) is 123 cm³/mol. The highest BCUT2D eigenvalue weighted by Gasteiger charge is 2.30. The van der Waals surface area contributed by atoms with Gasteiger partial charge >= 0.3 is 6.18 Å². The zero-order valence-corrected chi connectivity index (χ0v) is 19.8. The van der Waals surface area contributed by atoms with E-state index in [1.165, 1.54) is 0 Å². The number of guanidine groups is 1. The molecule has 0 aromatic heterocycles. The maximum Gasteiger partial charge on any atom is 0.416 e. The molecule has 0 spiro atoms. The van der Waals surface area contributed by atoms with Gasteiger partial charge in [0.1, 0.15) is 0 Å². The molecule has 172 valence electrons. The average molecular weight is 545 g/mol. The number of aliphatic imine (C=N–C) groups is 1. The zero-order valence-electron chi connectivity index (χ0n) is 17.5. The lowest BCUT2D eigenvalue weighted by Gasteiger charge is -2.18. The van der Waals surface area contributed by atoms with E-state index in [-0.39, 0.29) is 29.5 Å². The normalized spacial score (nSPS) is 11.8. The molecule has 0 aliphatic carbocycles. The lowest BCUT2D eigenvalue weighted by Crippen LogP contribution is -2.43. The van der Waals surface area contributed by atoms with Crippen molar-refractivity contribution in [2.75, 3.05) is 60.5 Å². The fourth-order valence-electron chi connectivity index (χ4n) is 2.45. The van der Waals surface area contributed by atoms with Gasteiger partial charge in [0, 0.05) is 59.1 Å². The number of carbonyl (C=O) groups is 1. The Morgan fingerprint density at radius 1 is 1.07 bits per heavy atom. The van der Waals surface area contributed by atoms with E-state index >= 15 is 0 Å². The van der Waals surface area contributed by atoms with Gasteiger partial charge in [0.05, 0.1) is 5.56 Å². The fraction of sp³-hybridized carbons (Fsp3) is 0.579. The molecule has 1 rings (SSSR count). The molecule has 1 aromatic rings. The lowest BCUT2D eigenvalue weighted by molar-refractivity contribution is -0.137. The average Bonchev–Trinajstić information content (AvgIpc) is 2.69. The molecule has 7 nitrogen and oxygen atoms in total. The molecule has 0 aliphatic rings. The molecule has 1 aromatic carbocycles. The summed E-state index contributed by atoms with van der Waals surface area (Å²) in [5.41, 5.74) is -0.605. The molecule has 0 unspecified atom stereocenters. The third kappa shape index (κ3) is 11.6. The van der Waals surface area contributed by atoms with Crippen LogP contribution in [0.3, 0.4) is 0 Å². The minimum absolute atomic E-state index is 0. The van der Waals surface area contributed by atoms with Crippen LogP contribution in [0.2, 0.25) is 0 Å². The van der Waals surface area contributed by atoms with Crippen LogP contribution >= 0.6 is 24.0 Å². The Balaban J connectivity index is 0.00000841. The maximum absolute atomic E-state index is 12.5. The van der Waals surface area contributed by atoms with Crippen LogP contribution in [0.25, 0.3) is 0 Å². The first-order valence-corrected chi connectivity index (χ1v) is 9.35. The van der Waals surface area contributed by atoms with Crippen molar-refractivity contribution in [3.63, 3.8) is 0 Å². The van der Waals surface area contributed by atoms with Crippen molar-refractivity contribution in [3.05, 3.63) is 35.4 Å². The summed E-state index contributed by atoms with van der Waals surface area (Å²) in [6, 6.07) is 4.11. The van der Waals surface area contributed by atoms with Crippen molar-refractivity contribution >= 4 is 35.8 Å². The van der Waals surface area contributed by atoms with E-state index in [1.54, 1.807) is 14.2 Å². The number of carbonyl (C=O) groups excluding carboxylic acids is 1. The summed E-state index contributed by atoms with van der Waals surface area (Å²) in [4.78, 5) is 18.3. The van der Waals surface area contributed by atoms with Crippen molar-refractivity contribution < 1.29 is 22.7 Å². The zero-order chi connectivity index (χ0) is 21.7. The van der Waals surface area contributed by atoms with Crippen molar-refractivity contribution in [3.8, 4) is 0 Å². The second kappa shape index (κ2) is 15.2. The summed E-state index contributed by atoms with van der Waals surface area (Å²) in [5, 5.41) is 8.90. The molecular formula is C19H31F3IN5O2. The smallest absolute Gasteiger partial charge is 0.385 e.